The molecule has 1 heterocycles. The van der Waals surface area contributed by atoms with Crippen molar-refractivity contribution in [3.8, 4) is 0 Å². The van der Waals surface area contributed by atoms with Crippen molar-refractivity contribution in [2.75, 3.05) is 13.1 Å². The largest absolute Gasteiger partial charge is 0.349 e. The number of amides is 1. The summed E-state index contributed by atoms with van der Waals surface area (Å²) >= 11 is 0. The second-order valence-corrected chi connectivity index (χ2v) is 5.36. The summed E-state index contributed by atoms with van der Waals surface area (Å²) in [6, 6.07) is 10.3. The lowest BCUT2D eigenvalue weighted by molar-refractivity contribution is -0.126. The molecule has 0 bridgehead atoms. The molecule has 108 valence electrons. The van der Waals surface area contributed by atoms with Gasteiger partial charge in [-0.05, 0) is 44.3 Å². The molecule has 0 saturated carbocycles. The Morgan fingerprint density at radius 2 is 2.05 bits per heavy atom. The fraction of sp³-hybridized carbons (Fsp3) is 0.471. The van der Waals surface area contributed by atoms with Crippen molar-refractivity contribution < 1.29 is 4.79 Å². The van der Waals surface area contributed by atoms with Gasteiger partial charge in [0, 0.05) is 5.92 Å². The highest BCUT2D eigenvalue weighted by atomic mass is 16.1. The molecule has 2 rings (SSSR count). The van der Waals surface area contributed by atoms with Crippen LogP contribution in [0.1, 0.15) is 37.3 Å². The first-order chi connectivity index (χ1) is 9.81. The zero-order valence-corrected chi connectivity index (χ0v) is 12.0. The van der Waals surface area contributed by atoms with Crippen molar-refractivity contribution in [1.29, 1.82) is 0 Å². The summed E-state index contributed by atoms with van der Waals surface area (Å²) in [6.45, 7) is 5.66. The third kappa shape index (κ3) is 4.20. The number of benzene rings is 1. The SMILES string of the molecule is C=CCCC(NC(=O)C1CCNCC1)c1ccccc1. The minimum atomic E-state index is 0.0941. The van der Waals surface area contributed by atoms with Crippen LogP contribution >= 0.6 is 0 Å². The predicted molar refractivity (Wildman–Crippen MR) is 82.4 cm³/mol. The van der Waals surface area contributed by atoms with E-state index >= 15 is 0 Å². The van der Waals surface area contributed by atoms with Crippen LogP contribution in [-0.4, -0.2) is 19.0 Å². The molecule has 2 N–H and O–H groups in total. The van der Waals surface area contributed by atoms with E-state index in [9.17, 15) is 4.79 Å². The number of rotatable bonds is 6. The van der Waals surface area contributed by atoms with Gasteiger partial charge in [-0.15, -0.1) is 6.58 Å². The van der Waals surface area contributed by atoms with Crippen molar-refractivity contribution in [2.45, 2.75) is 31.7 Å². The summed E-state index contributed by atoms with van der Waals surface area (Å²) in [6.07, 6.45) is 5.60. The van der Waals surface area contributed by atoms with Crippen LogP contribution in [-0.2, 0) is 4.79 Å². The van der Waals surface area contributed by atoms with E-state index in [0.717, 1.165) is 38.8 Å². The van der Waals surface area contributed by atoms with E-state index in [1.807, 2.05) is 24.3 Å². The van der Waals surface area contributed by atoms with Crippen LogP contribution in [0.5, 0.6) is 0 Å². The van der Waals surface area contributed by atoms with Crippen LogP contribution in [0.15, 0.2) is 43.0 Å². The average Bonchev–Trinajstić information content (AvgIpc) is 2.53. The quantitative estimate of drug-likeness (QED) is 0.782. The highest BCUT2D eigenvalue weighted by Gasteiger charge is 2.23. The van der Waals surface area contributed by atoms with E-state index in [4.69, 9.17) is 0 Å². The normalized spacial score (nSPS) is 17.4. The summed E-state index contributed by atoms with van der Waals surface area (Å²) in [7, 11) is 0. The monoisotopic (exact) mass is 272 g/mol. The number of nitrogens with one attached hydrogen (secondary N) is 2. The molecule has 1 unspecified atom stereocenters. The second-order valence-electron chi connectivity index (χ2n) is 5.36. The average molecular weight is 272 g/mol. The molecule has 1 amide bonds. The fourth-order valence-corrected chi connectivity index (χ4v) is 2.67. The Kier molecular flexibility index (Phi) is 5.81. The molecular formula is C17H24N2O. The van der Waals surface area contributed by atoms with Crippen LogP contribution in [0.4, 0.5) is 0 Å². The van der Waals surface area contributed by atoms with Gasteiger partial charge < -0.3 is 10.6 Å². The molecular weight excluding hydrogens is 248 g/mol. The van der Waals surface area contributed by atoms with Crippen molar-refractivity contribution in [1.82, 2.24) is 10.6 Å². The molecule has 0 aromatic heterocycles. The number of carbonyl (C=O) groups excluding carboxylic acids is 1. The van der Waals surface area contributed by atoms with E-state index in [1.54, 1.807) is 0 Å². The summed E-state index contributed by atoms with van der Waals surface area (Å²) in [5.41, 5.74) is 1.18. The summed E-state index contributed by atoms with van der Waals surface area (Å²) in [5.74, 6) is 0.357. The van der Waals surface area contributed by atoms with Crippen molar-refractivity contribution in [3.63, 3.8) is 0 Å². The molecule has 1 aromatic rings. The minimum Gasteiger partial charge on any atom is -0.349 e. The van der Waals surface area contributed by atoms with Gasteiger partial charge >= 0.3 is 0 Å². The van der Waals surface area contributed by atoms with Gasteiger partial charge in [-0.3, -0.25) is 4.79 Å². The second kappa shape index (κ2) is 7.85. The number of carbonyl (C=O) groups is 1. The molecule has 0 spiro atoms. The van der Waals surface area contributed by atoms with E-state index in [0.29, 0.717) is 0 Å². The van der Waals surface area contributed by atoms with E-state index in [-0.39, 0.29) is 17.9 Å². The van der Waals surface area contributed by atoms with Crippen LogP contribution in [0.3, 0.4) is 0 Å². The van der Waals surface area contributed by atoms with Crippen molar-refractivity contribution in [2.24, 2.45) is 5.92 Å². The summed E-state index contributed by atoms with van der Waals surface area (Å²) < 4.78 is 0. The minimum absolute atomic E-state index is 0.0941. The number of allylic oxidation sites excluding steroid dienone is 1. The van der Waals surface area contributed by atoms with Crippen LogP contribution in [0.25, 0.3) is 0 Å². The van der Waals surface area contributed by atoms with Gasteiger partial charge in [0.05, 0.1) is 6.04 Å². The van der Waals surface area contributed by atoms with E-state index in [1.165, 1.54) is 5.56 Å². The maximum Gasteiger partial charge on any atom is 0.223 e. The Labute approximate surface area is 121 Å². The summed E-state index contributed by atoms with van der Waals surface area (Å²) in [5, 5.41) is 6.52. The molecule has 1 aliphatic heterocycles. The first-order valence-electron chi connectivity index (χ1n) is 7.48. The molecule has 3 nitrogen and oxygen atoms in total. The first kappa shape index (κ1) is 14.8. The Bertz CT molecular complexity index is 424. The van der Waals surface area contributed by atoms with Gasteiger partial charge in [-0.1, -0.05) is 36.4 Å². The molecule has 1 fully saturated rings. The molecule has 1 aromatic carbocycles. The Hall–Kier alpha value is -1.61. The lowest BCUT2D eigenvalue weighted by Crippen LogP contribution is -2.39. The molecule has 20 heavy (non-hydrogen) atoms. The molecule has 3 heteroatoms. The van der Waals surface area contributed by atoms with Crippen LogP contribution in [0, 0.1) is 5.92 Å². The number of hydrogen-bond acceptors (Lipinski definition) is 2. The zero-order chi connectivity index (χ0) is 14.2. The highest BCUT2D eigenvalue weighted by Crippen LogP contribution is 2.21. The molecule has 0 aliphatic carbocycles. The number of hydrogen-bond donors (Lipinski definition) is 2. The number of piperidine rings is 1. The van der Waals surface area contributed by atoms with Gasteiger partial charge in [-0.2, -0.15) is 0 Å². The predicted octanol–water partition coefficient (Wildman–Crippen LogP) is 2.81. The lowest BCUT2D eigenvalue weighted by Gasteiger charge is -2.25. The smallest absolute Gasteiger partial charge is 0.223 e. The van der Waals surface area contributed by atoms with E-state index < -0.39 is 0 Å². The maximum atomic E-state index is 12.4. The standard InChI is InChI=1S/C17H24N2O/c1-2-3-9-16(14-7-5-4-6-8-14)19-17(20)15-10-12-18-13-11-15/h2,4-8,15-16,18H,1,3,9-13H2,(H,19,20). The highest BCUT2D eigenvalue weighted by molar-refractivity contribution is 5.79. The van der Waals surface area contributed by atoms with E-state index in [2.05, 4.69) is 29.3 Å². The van der Waals surface area contributed by atoms with Crippen LogP contribution < -0.4 is 10.6 Å². The van der Waals surface area contributed by atoms with Gasteiger partial charge in [-0.25, -0.2) is 0 Å². The zero-order valence-electron chi connectivity index (χ0n) is 12.0. The van der Waals surface area contributed by atoms with Gasteiger partial charge in [0.15, 0.2) is 0 Å². The first-order valence-corrected chi connectivity index (χ1v) is 7.48. The van der Waals surface area contributed by atoms with Gasteiger partial charge in [0.2, 0.25) is 5.91 Å². The fourth-order valence-electron chi connectivity index (χ4n) is 2.67. The van der Waals surface area contributed by atoms with Crippen LogP contribution in [0.2, 0.25) is 0 Å². The molecule has 1 atom stereocenters. The van der Waals surface area contributed by atoms with Gasteiger partial charge in [0.25, 0.3) is 0 Å². The third-order valence-electron chi connectivity index (χ3n) is 3.89. The lowest BCUT2D eigenvalue weighted by atomic mass is 9.95. The molecule has 1 saturated heterocycles. The Morgan fingerprint density at radius 1 is 1.35 bits per heavy atom. The van der Waals surface area contributed by atoms with Crippen molar-refractivity contribution >= 4 is 5.91 Å². The Balaban J connectivity index is 1.99. The third-order valence-corrected chi connectivity index (χ3v) is 3.89. The maximum absolute atomic E-state index is 12.4. The van der Waals surface area contributed by atoms with Crippen molar-refractivity contribution in [3.05, 3.63) is 48.6 Å². The molecule has 0 radical (unpaired) electrons. The van der Waals surface area contributed by atoms with Gasteiger partial charge in [0.1, 0.15) is 0 Å². The topological polar surface area (TPSA) is 41.1 Å². The summed E-state index contributed by atoms with van der Waals surface area (Å²) in [4.78, 5) is 12.4. The Morgan fingerprint density at radius 3 is 2.70 bits per heavy atom. The molecule has 1 aliphatic rings.